The molecule has 1 fully saturated rings. The molecule has 3 heterocycles. The second kappa shape index (κ2) is 6.31. The molecule has 126 valence electrons. The van der Waals surface area contributed by atoms with Crippen LogP contribution in [0.15, 0.2) is 31.9 Å². The predicted octanol–water partition coefficient (Wildman–Crippen LogP) is 2.57. The Labute approximate surface area is 147 Å². The summed E-state index contributed by atoms with van der Waals surface area (Å²) >= 11 is 3.47. The number of benzene rings is 1. The maximum atomic E-state index is 12.4. The highest BCUT2D eigenvalue weighted by Crippen LogP contribution is 2.27. The van der Waals surface area contributed by atoms with E-state index in [4.69, 9.17) is 4.42 Å². The van der Waals surface area contributed by atoms with Gasteiger partial charge >= 0.3 is 0 Å². The molecule has 1 N–H and O–H groups in total. The highest BCUT2D eigenvalue weighted by atomic mass is 79.9. The summed E-state index contributed by atoms with van der Waals surface area (Å²) in [5.74, 6) is 0.694. The first kappa shape index (κ1) is 15.8. The van der Waals surface area contributed by atoms with Crippen molar-refractivity contribution in [2.75, 3.05) is 33.2 Å². The number of rotatable bonds is 2. The number of halogens is 1. The summed E-state index contributed by atoms with van der Waals surface area (Å²) in [5.41, 5.74) is 1.40. The zero-order valence-corrected chi connectivity index (χ0v) is 15.1. The lowest BCUT2D eigenvalue weighted by Crippen LogP contribution is -2.30. The zero-order chi connectivity index (χ0) is 16.7. The summed E-state index contributed by atoms with van der Waals surface area (Å²) in [6, 6.07) is 5.69. The lowest BCUT2D eigenvalue weighted by molar-refractivity contribution is 0.263. The molecule has 1 saturated heterocycles. The number of nitrogens with one attached hydrogen (secondary N) is 1. The van der Waals surface area contributed by atoms with Gasteiger partial charge in [-0.1, -0.05) is 15.9 Å². The minimum absolute atomic E-state index is 0.214. The molecule has 0 spiro atoms. The smallest absolute Gasteiger partial charge is 0.294 e. The summed E-state index contributed by atoms with van der Waals surface area (Å²) in [7, 11) is 2.14. The molecule has 24 heavy (non-hydrogen) atoms. The zero-order valence-electron chi connectivity index (χ0n) is 13.5. The Hall–Kier alpha value is -1.70. The van der Waals surface area contributed by atoms with Crippen LogP contribution in [0.2, 0.25) is 0 Å². The van der Waals surface area contributed by atoms with Crippen molar-refractivity contribution in [2.45, 2.75) is 13.0 Å². The normalized spacial score (nSPS) is 17.6. The number of H-pyrrole nitrogens is 1. The predicted molar refractivity (Wildman–Crippen MR) is 97.2 cm³/mol. The van der Waals surface area contributed by atoms with Gasteiger partial charge in [0.25, 0.3) is 5.56 Å². The third-order valence-corrected chi connectivity index (χ3v) is 5.01. The van der Waals surface area contributed by atoms with E-state index in [1.54, 1.807) is 0 Å². The number of likely N-dealkylation sites (N-methyl/N-ethyl adjacent to an activating group) is 1. The number of aromatic amines is 1. The van der Waals surface area contributed by atoms with Crippen molar-refractivity contribution in [3.63, 3.8) is 0 Å². The van der Waals surface area contributed by atoms with Gasteiger partial charge in [0.15, 0.2) is 0 Å². The Balaban J connectivity index is 1.72. The average Bonchev–Trinajstić information content (AvgIpc) is 2.78. The Kier molecular flexibility index (Phi) is 4.15. The second-order valence-corrected chi connectivity index (χ2v) is 7.28. The standard InChI is InChI=1S/C17H19BrN4O2/c1-21-5-2-6-22(8-7-21)10-14-19-15-12-9-11(18)3-4-13(12)24-16(15)17(23)20-14/h3-4,9H,2,5-8,10H2,1H3,(H,19,20,23). The van der Waals surface area contributed by atoms with Crippen LogP contribution in [0.5, 0.6) is 0 Å². The first-order valence-corrected chi connectivity index (χ1v) is 8.91. The van der Waals surface area contributed by atoms with E-state index in [1.807, 2.05) is 18.2 Å². The van der Waals surface area contributed by atoms with Gasteiger partial charge in [-0.3, -0.25) is 9.69 Å². The highest BCUT2D eigenvalue weighted by molar-refractivity contribution is 9.10. The topological polar surface area (TPSA) is 65.4 Å². The van der Waals surface area contributed by atoms with Crippen LogP contribution in [0.25, 0.3) is 22.1 Å². The van der Waals surface area contributed by atoms with Gasteiger partial charge in [-0.15, -0.1) is 0 Å². The number of furan rings is 1. The molecule has 1 aliphatic heterocycles. The molecule has 1 aromatic carbocycles. The van der Waals surface area contributed by atoms with E-state index in [9.17, 15) is 4.79 Å². The fraction of sp³-hybridized carbons (Fsp3) is 0.412. The molecule has 0 radical (unpaired) electrons. The SMILES string of the molecule is CN1CCCN(Cc2nc3c(oc4ccc(Br)cc43)c(=O)[nH]2)CC1. The van der Waals surface area contributed by atoms with Crippen LogP contribution < -0.4 is 5.56 Å². The van der Waals surface area contributed by atoms with Crippen molar-refractivity contribution in [3.8, 4) is 0 Å². The Morgan fingerprint density at radius 3 is 3.04 bits per heavy atom. The Morgan fingerprint density at radius 1 is 1.29 bits per heavy atom. The van der Waals surface area contributed by atoms with Crippen molar-refractivity contribution < 1.29 is 4.42 Å². The quantitative estimate of drug-likeness (QED) is 0.728. The van der Waals surface area contributed by atoms with Crippen LogP contribution in [-0.4, -0.2) is 53.0 Å². The lowest BCUT2D eigenvalue weighted by Gasteiger charge is -2.19. The van der Waals surface area contributed by atoms with Gasteiger partial charge in [-0.05, 0) is 44.8 Å². The summed E-state index contributed by atoms with van der Waals surface area (Å²) in [6.45, 7) is 4.80. The molecule has 0 saturated carbocycles. The molecule has 4 rings (SSSR count). The van der Waals surface area contributed by atoms with E-state index in [0.29, 0.717) is 29.1 Å². The van der Waals surface area contributed by atoms with Crippen LogP contribution in [0, 0.1) is 0 Å². The molecule has 7 heteroatoms. The van der Waals surface area contributed by atoms with E-state index in [1.165, 1.54) is 0 Å². The van der Waals surface area contributed by atoms with Crippen LogP contribution in [0.4, 0.5) is 0 Å². The molecule has 0 unspecified atom stereocenters. The van der Waals surface area contributed by atoms with E-state index in [2.05, 4.69) is 42.7 Å². The van der Waals surface area contributed by atoms with Crippen molar-refractivity contribution >= 4 is 38.0 Å². The van der Waals surface area contributed by atoms with Crippen LogP contribution in [0.3, 0.4) is 0 Å². The molecule has 3 aromatic rings. The van der Waals surface area contributed by atoms with Crippen molar-refractivity contribution in [2.24, 2.45) is 0 Å². The number of nitrogens with zero attached hydrogens (tertiary/aromatic N) is 3. The molecule has 0 aliphatic carbocycles. The van der Waals surface area contributed by atoms with Gasteiger partial charge in [-0.25, -0.2) is 4.98 Å². The fourth-order valence-electron chi connectivity index (χ4n) is 3.22. The highest BCUT2D eigenvalue weighted by Gasteiger charge is 2.17. The third-order valence-electron chi connectivity index (χ3n) is 4.52. The van der Waals surface area contributed by atoms with Gasteiger partial charge in [-0.2, -0.15) is 0 Å². The van der Waals surface area contributed by atoms with Gasteiger partial charge in [0.1, 0.15) is 16.9 Å². The average molecular weight is 391 g/mol. The first-order valence-electron chi connectivity index (χ1n) is 8.12. The van der Waals surface area contributed by atoms with Gasteiger partial charge in [0, 0.05) is 22.9 Å². The maximum absolute atomic E-state index is 12.4. The van der Waals surface area contributed by atoms with E-state index < -0.39 is 0 Å². The van der Waals surface area contributed by atoms with Crippen LogP contribution >= 0.6 is 15.9 Å². The third kappa shape index (κ3) is 2.99. The molecule has 0 atom stereocenters. The lowest BCUT2D eigenvalue weighted by atomic mass is 10.2. The number of fused-ring (bicyclic) bond motifs is 3. The van der Waals surface area contributed by atoms with E-state index in [-0.39, 0.29) is 5.56 Å². The number of aromatic nitrogens is 2. The van der Waals surface area contributed by atoms with E-state index in [0.717, 1.165) is 42.5 Å². The number of hydrogen-bond donors (Lipinski definition) is 1. The monoisotopic (exact) mass is 390 g/mol. The summed E-state index contributed by atoms with van der Waals surface area (Å²) in [6.07, 6.45) is 1.13. The molecule has 2 aromatic heterocycles. The van der Waals surface area contributed by atoms with Crippen molar-refractivity contribution in [1.82, 2.24) is 19.8 Å². The van der Waals surface area contributed by atoms with Crippen molar-refractivity contribution in [1.29, 1.82) is 0 Å². The molecular formula is C17H19BrN4O2. The molecule has 6 nitrogen and oxygen atoms in total. The Morgan fingerprint density at radius 2 is 2.17 bits per heavy atom. The Bertz CT molecular complexity index is 949. The largest absolute Gasteiger partial charge is 0.449 e. The van der Waals surface area contributed by atoms with Crippen LogP contribution in [0.1, 0.15) is 12.2 Å². The molecule has 0 amide bonds. The molecule has 1 aliphatic rings. The summed E-state index contributed by atoms with van der Waals surface area (Å²) in [4.78, 5) is 24.6. The first-order chi connectivity index (χ1) is 11.6. The summed E-state index contributed by atoms with van der Waals surface area (Å²) < 4.78 is 6.61. The van der Waals surface area contributed by atoms with Crippen molar-refractivity contribution in [3.05, 3.63) is 38.9 Å². The maximum Gasteiger partial charge on any atom is 0.294 e. The minimum Gasteiger partial charge on any atom is -0.449 e. The number of hydrogen-bond acceptors (Lipinski definition) is 5. The van der Waals surface area contributed by atoms with Gasteiger partial charge in [0.05, 0.1) is 6.54 Å². The molecule has 0 bridgehead atoms. The second-order valence-electron chi connectivity index (χ2n) is 6.37. The fourth-order valence-corrected chi connectivity index (χ4v) is 3.58. The van der Waals surface area contributed by atoms with Gasteiger partial charge in [0.2, 0.25) is 5.58 Å². The summed E-state index contributed by atoms with van der Waals surface area (Å²) in [5, 5.41) is 0.863. The van der Waals surface area contributed by atoms with Gasteiger partial charge < -0.3 is 14.3 Å². The molecular weight excluding hydrogens is 372 g/mol. The van der Waals surface area contributed by atoms with Crippen LogP contribution in [-0.2, 0) is 6.54 Å². The van der Waals surface area contributed by atoms with E-state index >= 15 is 0 Å². The minimum atomic E-state index is -0.214.